The molecular formula is C13H14N4O2S. The van der Waals surface area contributed by atoms with Gasteiger partial charge in [0.05, 0.1) is 10.2 Å². The number of hydrogen-bond acceptors (Lipinski definition) is 5. The van der Waals surface area contributed by atoms with Gasteiger partial charge in [0.25, 0.3) is 5.91 Å². The number of rotatable bonds is 2. The maximum Gasteiger partial charge on any atom is 0.251 e. The average Bonchev–Trinajstić information content (AvgIpc) is 2.80. The normalized spacial score (nSPS) is 18.8. The fourth-order valence-corrected chi connectivity index (χ4v) is 2.98. The van der Waals surface area contributed by atoms with Crippen LogP contribution >= 0.6 is 11.3 Å². The lowest BCUT2D eigenvalue weighted by atomic mass is 10.1. The molecule has 104 valence electrons. The second-order valence-electron chi connectivity index (χ2n) is 4.75. The summed E-state index contributed by atoms with van der Waals surface area (Å²) in [6, 6.07) is 5.31. The van der Waals surface area contributed by atoms with Crippen molar-refractivity contribution in [3.63, 3.8) is 0 Å². The maximum atomic E-state index is 12.2. The molecule has 0 radical (unpaired) electrons. The van der Waals surface area contributed by atoms with Crippen molar-refractivity contribution in [1.29, 1.82) is 0 Å². The SMILES string of the molecule is Nc1nc2ccc(C(=O)NC3CCC(=O)NC3)cc2s1. The molecule has 1 aromatic carbocycles. The number of aromatic nitrogens is 1. The van der Waals surface area contributed by atoms with Crippen LogP contribution in [0.2, 0.25) is 0 Å². The van der Waals surface area contributed by atoms with E-state index < -0.39 is 0 Å². The first-order chi connectivity index (χ1) is 9.61. The third kappa shape index (κ3) is 2.57. The van der Waals surface area contributed by atoms with E-state index >= 15 is 0 Å². The first-order valence-corrected chi connectivity index (χ1v) is 7.17. The van der Waals surface area contributed by atoms with E-state index in [2.05, 4.69) is 15.6 Å². The zero-order chi connectivity index (χ0) is 14.1. The van der Waals surface area contributed by atoms with Crippen LogP contribution in [0, 0.1) is 0 Å². The number of hydrogen-bond donors (Lipinski definition) is 3. The number of nitrogens with two attached hydrogens (primary N) is 1. The second-order valence-corrected chi connectivity index (χ2v) is 5.81. The molecule has 2 amide bonds. The molecule has 2 heterocycles. The lowest BCUT2D eigenvalue weighted by molar-refractivity contribution is -0.122. The smallest absolute Gasteiger partial charge is 0.251 e. The molecule has 1 aliphatic rings. The molecule has 1 fully saturated rings. The molecule has 20 heavy (non-hydrogen) atoms. The number of amides is 2. The fraction of sp³-hybridized carbons (Fsp3) is 0.308. The summed E-state index contributed by atoms with van der Waals surface area (Å²) in [5, 5.41) is 6.16. The number of fused-ring (bicyclic) bond motifs is 1. The van der Waals surface area contributed by atoms with E-state index in [-0.39, 0.29) is 17.9 Å². The first-order valence-electron chi connectivity index (χ1n) is 6.35. The Balaban J connectivity index is 1.73. The zero-order valence-electron chi connectivity index (χ0n) is 10.7. The summed E-state index contributed by atoms with van der Waals surface area (Å²) in [5.74, 6) is -0.0999. The minimum atomic E-state index is -0.139. The molecular weight excluding hydrogens is 276 g/mol. The van der Waals surface area contributed by atoms with Gasteiger partial charge in [0.1, 0.15) is 0 Å². The van der Waals surface area contributed by atoms with Crippen LogP contribution in [0.1, 0.15) is 23.2 Å². The van der Waals surface area contributed by atoms with E-state index in [1.165, 1.54) is 11.3 Å². The van der Waals surface area contributed by atoms with Crippen LogP contribution in [-0.4, -0.2) is 29.4 Å². The highest BCUT2D eigenvalue weighted by atomic mass is 32.1. The molecule has 6 nitrogen and oxygen atoms in total. The molecule has 2 aromatic rings. The number of carbonyl (C=O) groups is 2. The van der Waals surface area contributed by atoms with E-state index in [0.29, 0.717) is 30.1 Å². The summed E-state index contributed by atoms with van der Waals surface area (Å²) in [4.78, 5) is 27.4. The number of thiazole rings is 1. The first kappa shape index (κ1) is 12.9. The number of nitrogen functional groups attached to an aromatic ring is 1. The van der Waals surface area contributed by atoms with Gasteiger partial charge >= 0.3 is 0 Å². The van der Waals surface area contributed by atoms with E-state index in [1.807, 2.05) is 0 Å². The Morgan fingerprint density at radius 2 is 2.35 bits per heavy atom. The van der Waals surface area contributed by atoms with Crippen LogP contribution in [-0.2, 0) is 4.79 Å². The van der Waals surface area contributed by atoms with Crippen molar-refractivity contribution in [2.24, 2.45) is 0 Å². The summed E-state index contributed by atoms with van der Waals surface area (Å²) in [6.07, 6.45) is 1.13. The average molecular weight is 290 g/mol. The topological polar surface area (TPSA) is 97.1 Å². The lowest BCUT2D eigenvalue weighted by Gasteiger charge is -2.23. The Kier molecular flexibility index (Phi) is 3.27. The molecule has 3 rings (SSSR count). The summed E-state index contributed by atoms with van der Waals surface area (Å²) in [5.41, 5.74) is 7.03. The third-order valence-corrected chi connectivity index (χ3v) is 4.12. The van der Waals surface area contributed by atoms with Gasteiger partial charge in [-0.15, -0.1) is 0 Å². The number of anilines is 1. The minimum absolute atomic E-state index is 0.0116. The van der Waals surface area contributed by atoms with Gasteiger partial charge in [0.15, 0.2) is 5.13 Å². The number of piperidine rings is 1. The molecule has 0 saturated carbocycles. The highest BCUT2D eigenvalue weighted by Gasteiger charge is 2.20. The molecule has 0 spiro atoms. The molecule has 1 saturated heterocycles. The number of nitrogens with one attached hydrogen (secondary N) is 2. The summed E-state index contributed by atoms with van der Waals surface area (Å²) in [6.45, 7) is 0.486. The highest BCUT2D eigenvalue weighted by molar-refractivity contribution is 7.22. The van der Waals surface area contributed by atoms with Crippen molar-refractivity contribution in [3.05, 3.63) is 23.8 Å². The maximum absolute atomic E-state index is 12.2. The Morgan fingerprint density at radius 3 is 3.10 bits per heavy atom. The number of benzene rings is 1. The van der Waals surface area contributed by atoms with Crippen LogP contribution in [0.5, 0.6) is 0 Å². The van der Waals surface area contributed by atoms with Gasteiger partial charge in [-0.3, -0.25) is 9.59 Å². The van der Waals surface area contributed by atoms with Crippen molar-refractivity contribution >= 4 is 38.5 Å². The Morgan fingerprint density at radius 1 is 1.50 bits per heavy atom. The van der Waals surface area contributed by atoms with Crippen LogP contribution in [0.3, 0.4) is 0 Å². The van der Waals surface area contributed by atoms with Crippen LogP contribution in [0.4, 0.5) is 5.13 Å². The quantitative estimate of drug-likeness (QED) is 0.765. The van der Waals surface area contributed by atoms with Crippen LogP contribution in [0.25, 0.3) is 10.2 Å². The van der Waals surface area contributed by atoms with Gasteiger partial charge in [0.2, 0.25) is 5.91 Å². The minimum Gasteiger partial charge on any atom is -0.375 e. The predicted octanol–water partition coefficient (Wildman–Crippen LogP) is 0.887. The van der Waals surface area contributed by atoms with Gasteiger partial charge in [-0.1, -0.05) is 11.3 Å². The molecule has 1 aliphatic heterocycles. The van der Waals surface area contributed by atoms with Crippen LogP contribution < -0.4 is 16.4 Å². The Hall–Kier alpha value is -2.15. The Bertz CT molecular complexity index is 672. The third-order valence-electron chi connectivity index (χ3n) is 3.27. The lowest BCUT2D eigenvalue weighted by Crippen LogP contribution is -2.47. The predicted molar refractivity (Wildman–Crippen MR) is 77.5 cm³/mol. The van der Waals surface area contributed by atoms with E-state index in [0.717, 1.165) is 10.2 Å². The van der Waals surface area contributed by atoms with Crippen molar-refractivity contribution < 1.29 is 9.59 Å². The summed E-state index contributed by atoms with van der Waals surface area (Å²) >= 11 is 1.36. The molecule has 1 unspecified atom stereocenters. The second kappa shape index (κ2) is 5.09. The van der Waals surface area contributed by atoms with Gasteiger partial charge in [-0.05, 0) is 24.6 Å². The molecule has 1 aromatic heterocycles. The summed E-state index contributed by atoms with van der Waals surface area (Å²) in [7, 11) is 0. The largest absolute Gasteiger partial charge is 0.375 e. The molecule has 4 N–H and O–H groups in total. The molecule has 1 atom stereocenters. The highest BCUT2D eigenvalue weighted by Crippen LogP contribution is 2.24. The summed E-state index contributed by atoms with van der Waals surface area (Å²) < 4.78 is 0.895. The Labute approximate surface area is 119 Å². The van der Waals surface area contributed by atoms with Gasteiger partial charge in [-0.2, -0.15) is 0 Å². The molecule has 7 heteroatoms. The van der Waals surface area contributed by atoms with Crippen LogP contribution in [0.15, 0.2) is 18.2 Å². The van der Waals surface area contributed by atoms with Gasteiger partial charge in [0, 0.05) is 24.6 Å². The van der Waals surface area contributed by atoms with Gasteiger partial charge in [-0.25, -0.2) is 4.98 Å². The van der Waals surface area contributed by atoms with Crippen molar-refractivity contribution in [2.75, 3.05) is 12.3 Å². The van der Waals surface area contributed by atoms with E-state index in [4.69, 9.17) is 5.73 Å². The van der Waals surface area contributed by atoms with Crippen molar-refractivity contribution in [3.8, 4) is 0 Å². The van der Waals surface area contributed by atoms with Crippen molar-refractivity contribution in [2.45, 2.75) is 18.9 Å². The number of carbonyl (C=O) groups excluding carboxylic acids is 2. The van der Waals surface area contributed by atoms with Crippen molar-refractivity contribution in [1.82, 2.24) is 15.6 Å². The molecule has 0 aliphatic carbocycles. The monoisotopic (exact) mass is 290 g/mol. The fourth-order valence-electron chi connectivity index (χ4n) is 2.21. The standard InChI is InChI=1S/C13H14N4O2S/c14-13-17-9-3-1-7(5-10(9)20-13)12(19)16-8-2-4-11(18)15-6-8/h1,3,5,8H,2,4,6H2,(H2,14,17)(H,15,18)(H,16,19). The zero-order valence-corrected chi connectivity index (χ0v) is 11.5. The number of nitrogens with zero attached hydrogens (tertiary/aromatic N) is 1. The van der Waals surface area contributed by atoms with E-state index in [1.54, 1.807) is 18.2 Å². The van der Waals surface area contributed by atoms with E-state index in [9.17, 15) is 9.59 Å². The van der Waals surface area contributed by atoms with Gasteiger partial charge < -0.3 is 16.4 Å². The molecule has 0 bridgehead atoms.